The first-order chi connectivity index (χ1) is 13.0. The van der Waals surface area contributed by atoms with Gasteiger partial charge in [0.25, 0.3) is 11.8 Å². The fourth-order valence-corrected chi connectivity index (χ4v) is 2.59. The first-order valence-corrected chi connectivity index (χ1v) is 8.74. The van der Waals surface area contributed by atoms with Crippen molar-refractivity contribution in [2.45, 2.75) is 25.8 Å². The minimum absolute atomic E-state index is 0. The number of methoxy groups -OCH3 is 1. The van der Waals surface area contributed by atoms with E-state index in [0.717, 1.165) is 18.4 Å². The van der Waals surface area contributed by atoms with E-state index in [4.69, 9.17) is 15.2 Å². The van der Waals surface area contributed by atoms with E-state index >= 15 is 0 Å². The Balaban J connectivity index is 0.00000280. The number of carbonyl (C=O) groups excluding carboxylic acids is 2. The molecular weight excluding hydrogens is 382 g/mol. The summed E-state index contributed by atoms with van der Waals surface area (Å²) in [6, 6.07) is 10.5. The average Bonchev–Trinajstić information content (AvgIpc) is 3.46. The van der Waals surface area contributed by atoms with Gasteiger partial charge in [-0.25, -0.2) is 0 Å². The highest BCUT2D eigenvalue weighted by molar-refractivity contribution is 6.05. The van der Waals surface area contributed by atoms with E-state index in [-0.39, 0.29) is 36.9 Å². The molecule has 0 spiro atoms. The molecule has 0 atom stereocenters. The number of anilines is 2. The third kappa shape index (κ3) is 5.53. The molecule has 0 radical (unpaired) electrons. The number of rotatable bonds is 7. The number of ether oxygens (including phenoxy) is 2. The molecule has 0 heterocycles. The Morgan fingerprint density at radius 2 is 1.89 bits per heavy atom. The van der Waals surface area contributed by atoms with Crippen molar-refractivity contribution in [2.75, 3.05) is 24.8 Å². The Morgan fingerprint density at radius 3 is 2.57 bits per heavy atom. The minimum Gasteiger partial charge on any atom is -0.493 e. The fraction of sp³-hybridized carbons (Fsp3) is 0.300. The van der Waals surface area contributed by atoms with Gasteiger partial charge >= 0.3 is 0 Å². The van der Waals surface area contributed by atoms with Crippen molar-refractivity contribution in [2.24, 2.45) is 0 Å². The normalized spacial score (nSPS) is 12.5. The smallest absolute Gasteiger partial charge is 0.258 e. The van der Waals surface area contributed by atoms with Crippen LogP contribution in [0.25, 0.3) is 0 Å². The molecule has 2 aromatic rings. The number of nitrogens with one attached hydrogen (secondary N) is 2. The Labute approximate surface area is 170 Å². The molecule has 4 N–H and O–H groups in total. The highest BCUT2D eigenvalue weighted by atomic mass is 35.5. The maximum Gasteiger partial charge on any atom is 0.258 e. The zero-order valence-corrected chi connectivity index (χ0v) is 16.6. The summed E-state index contributed by atoms with van der Waals surface area (Å²) in [7, 11) is 1.51. The van der Waals surface area contributed by atoms with Crippen LogP contribution in [-0.4, -0.2) is 31.6 Å². The van der Waals surface area contributed by atoms with Gasteiger partial charge in [0.1, 0.15) is 0 Å². The average molecular weight is 406 g/mol. The highest BCUT2D eigenvalue weighted by Gasteiger charge is 2.23. The van der Waals surface area contributed by atoms with E-state index in [2.05, 4.69) is 10.6 Å². The summed E-state index contributed by atoms with van der Waals surface area (Å²) in [4.78, 5) is 24.4. The van der Waals surface area contributed by atoms with Crippen LogP contribution in [0.5, 0.6) is 11.5 Å². The molecule has 1 aliphatic rings. The minimum atomic E-state index is -0.276. The van der Waals surface area contributed by atoms with Crippen LogP contribution in [-0.2, 0) is 4.79 Å². The second-order valence-corrected chi connectivity index (χ2v) is 6.52. The summed E-state index contributed by atoms with van der Waals surface area (Å²) < 4.78 is 10.8. The summed E-state index contributed by atoms with van der Waals surface area (Å²) in [5.41, 5.74) is 8.14. The Kier molecular flexibility index (Phi) is 7.12. The quantitative estimate of drug-likeness (QED) is 0.614. The first-order valence-electron chi connectivity index (χ1n) is 8.74. The second-order valence-electron chi connectivity index (χ2n) is 6.52. The molecule has 7 nitrogen and oxygen atoms in total. The van der Waals surface area contributed by atoms with Crippen molar-refractivity contribution in [3.05, 3.63) is 47.5 Å². The summed E-state index contributed by atoms with van der Waals surface area (Å²) in [6.45, 7) is 1.73. The third-order valence-corrected chi connectivity index (χ3v) is 4.23. The van der Waals surface area contributed by atoms with Gasteiger partial charge in [-0.3, -0.25) is 9.59 Å². The number of aryl methyl sites for hydroxylation is 1. The molecule has 0 saturated heterocycles. The highest BCUT2D eigenvalue weighted by Crippen LogP contribution is 2.30. The van der Waals surface area contributed by atoms with E-state index in [9.17, 15) is 9.59 Å². The summed E-state index contributed by atoms with van der Waals surface area (Å²) >= 11 is 0. The first kappa shape index (κ1) is 21.4. The molecule has 8 heteroatoms. The number of amides is 2. The van der Waals surface area contributed by atoms with Gasteiger partial charge in [0.15, 0.2) is 18.1 Å². The molecule has 0 bridgehead atoms. The maximum atomic E-state index is 12.5. The number of benzene rings is 2. The van der Waals surface area contributed by atoms with E-state index < -0.39 is 0 Å². The summed E-state index contributed by atoms with van der Waals surface area (Å²) in [6.07, 6.45) is 2.03. The van der Waals surface area contributed by atoms with Gasteiger partial charge in [-0.15, -0.1) is 12.4 Å². The molecule has 1 saturated carbocycles. The second kappa shape index (κ2) is 9.32. The molecule has 0 aliphatic heterocycles. The van der Waals surface area contributed by atoms with Crippen molar-refractivity contribution in [3.8, 4) is 11.5 Å². The molecule has 2 aromatic carbocycles. The lowest BCUT2D eigenvalue weighted by Gasteiger charge is -2.13. The molecular formula is C20H24ClN3O4. The van der Waals surface area contributed by atoms with E-state index in [1.807, 2.05) is 6.92 Å². The van der Waals surface area contributed by atoms with Gasteiger partial charge in [-0.05, 0) is 49.6 Å². The molecule has 1 fully saturated rings. The van der Waals surface area contributed by atoms with Crippen LogP contribution >= 0.6 is 12.4 Å². The number of hydrogen-bond acceptors (Lipinski definition) is 5. The van der Waals surface area contributed by atoms with Crippen molar-refractivity contribution in [1.29, 1.82) is 0 Å². The molecule has 0 unspecified atom stereocenters. The lowest BCUT2D eigenvalue weighted by atomic mass is 10.1. The zero-order chi connectivity index (χ0) is 19.4. The zero-order valence-electron chi connectivity index (χ0n) is 15.8. The topological polar surface area (TPSA) is 103 Å². The van der Waals surface area contributed by atoms with Gasteiger partial charge in [0, 0.05) is 29.0 Å². The van der Waals surface area contributed by atoms with E-state index in [0.29, 0.717) is 28.4 Å². The number of nitrogens with two attached hydrogens (primary N) is 1. The molecule has 1 aliphatic carbocycles. The predicted octanol–water partition coefficient (Wildman–Crippen LogP) is 2.92. The van der Waals surface area contributed by atoms with Crippen LogP contribution in [0.1, 0.15) is 28.8 Å². The molecule has 3 rings (SSSR count). The van der Waals surface area contributed by atoms with Gasteiger partial charge in [0.05, 0.1) is 7.11 Å². The number of nitrogen functional groups attached to an aromatic ring is 1. The number of halogens is 1. The van der Waals surface area contributed by atoms with Crippen molar-refractivity contribution >= 4 is 35.6 Å². The van der Waals surface area contributed by atoms with Gasteiger partial charge in [0.2, 0.25) is 0 Å². The van der Waals surface area contributed by atoms with Crippen LogP contribution in [0, 0.1) is 6.92 Å². The molecule has 0 aromatic heterocycles. The Hall–Kier alpha value is -2.93. The SMILES string of the molecule is COc1ccc(NC(=O)c2cc(N)ccc2C)cc1OCC(=O)NC1CC1.Cl. The molecule has 28 heavy (non-hydrogen) atoms. The van der Waals surface area contributed by atoms with Crippen LogP contribution in [0.3, 0.4) is 0 Å². The van der Waals surface area contributed by atoms with Gasteiger partial charge < -0.3 is 25.8 Å². The lowest BCUT2D eigenvalue weighted by Crippen LogP contribution is -2.30. The van der Waals surface area contributed by atoms with Crippen LogP contribution in [0.4, 0.5) is 11.4 Å². The maximum absolute atomic E-state index is 12.5. The van der Waals surface area contributed by atoms with E-state index in [1.54, 1.807) is 36.4 Å². The summed E-state index contributed by atoms with van der Waals surface area (Å²) in [5, 5.41) is 5.67. The van der Waals surface area contributed by atoms with Crippen molar-refractivity contribution in [3.63, 3.8) is 0 Å². The number of carbonyl (C=O) groups is 2. The van der Waals surface area contributed by atoms with Gasteiger partial charge in [-0.1, -0.05) is 6.07 Å². The van der Waals surface area contributed by atoms with Crippen LogP contribution in [0.2, 0.25) is 0 Å². The Bertz CT molecular complexity index is 869. The lowest BCUT2D eigenvalue weighted by molar-refractivity contribution is -0.123. The predicted molar refractivity (Wildman–Crippen MR) is 110 cm³/mol. The Morgan fingerprint density at radius 1 is 1.14 bits per heavy atom. The molecule has 2 amide bonds. The fourth-order valence-electron chi connectivity index (χ4n) is 2.59. The number of hydrogen-bond donors (Lipinski definition) is 3. The summed E-state index contributed by atoms with van der Waals surface area (Å²) in [5.74, 6) is 0.407. The van der Waals surface area contributed by atoms with Crippen molar-refractivity contribution < 1.29 is 19.1 Å². The monoisotopic (exact) mass is 405 g/mol. The van der Waals surface area contributed by atoms with E-state index in [1.165, 1.54) is 7.11 Å². The van der Waals surface area contributed by atoms with Gasteiger partial charge in [-0.2, -0.15) is 0 Å². The molecule has 150 valence electrons. The largest absolute Gasteiger partial charge is 0.493 e. The van der Waals surface area contributed by atoms with Crippen molar-refractivity contribution in [1.82, 2.24) is 5.32 Å². The standard InChI is InChI=1S/C20H23N3O4.ClH/c1-12-3-4-13(21)9-16(12)20(25)23-15-7-8-17(26-2)18(10-15)27-11-19(24)22-14-5-6-14;/h3-4,7-10,14H,5-6,11,21H2,1-2H3,(H,22,24)(H,23,25);1H. The van der Waals surface area contributed by atoms with Crippen LogP contribution in [0.15, 0.2) is 36.4 Å². The van der Waals surface area contributed by atoms with Crippen LogP contribution < -0.4 is 25.8 Å². The third-order valence-electron chi connectivity index (χ3n) is 4.23.